The molecule has 5 heteroatoms. The Bertz CT molecular complexity index is 228. The molecule has 0 N–H and O–H groups in total. The van der Waals surface area contributed by atoms with E-state index in [1.54, 1.807) is 6.92 Å². The molecule has 1 heterocycles. The van der Waals surface area contributed by atoms with Gasteiger partial charge < -0.3 is 0 Å². The standard InChI is InChI=1S/C5H5BrF2N2/c1-4-2-9-10(3-4)5(6,7)8/h2-3H,1H3. The highest BCUT2D eigenvalue weighted by Gasteiger charge is 2.26. The van der Waals surface area contributed by atoms with Gasteiger partial charge in [-0.25, -0.2) is 0 Å². The van der Waals surface area contributed by atoms with Crippen LogP contribution in [0.15, 0.2) is 12.4 Å². The minimum absolute atomic E-state index is 0.558. The SMILES string of the molecule is Cc1cnn(C(F)(F)Br)c1. The van der Waals surface area contributed by atoms with Crippen molar-refractivity contribution in [2.24, 2.45) is 0 Å². The third-order valence-corrected chi connectivity index (χ3v) is 1.33. The molecule has 1 rings (SSSR count). The third-order valence-electron chi connectivity index (χ3n) is 0.971. The first-order valence-electron chi connectivity index (χ1n) is 2.58. The summed E-state index contributed by atoms with van der Waals surface area (Å²) < 4.78 is 25.1. The molecule has 10 heavy (non-hydrogen) atoms. The van der Waals surface area contributed by atoms with Crippen LogP contribution < -0.4 is 0 Å². The predicted molar refractivity (Wildman–Crippen MR) is 36.1 cm³/mol. The Kier molecular flexibility index (Phi) is 1.76. The highest BCUT2D eigenvalue weighted by molar-refractivity contribution is 9.09. The normalized spacial score (nSPS) is 12.0. The van der Waals surface area contributed by atoms with Gasteiger partial charge in [0.15, 0.2) is 0 Å². The molecule has 56 valence electrons. The lowest BCUT2D eigenvalue weighted by molar-refractivity contribution is 0.0199. The molecule has 1 aromatic heterocycles. The fraction of sp³-hybridized carbons (Fsp3) is 0.400. The molecule has 0 saturated heterocycles. The lowest BCUT2D eigenvalue weighted by Gasteiger charge is -2.06. The van der Waals surface area contributed by atoms with Gasteiger partial charge in [-0.15, -0.1) is 0 Å². The number of aromatic nitrogens is 2. The summed E-state index contributed by atoms with van der Waals surface area (Å²) >= 11 is 2.17. The Hall–Kier alpha value is -0.450. The number of rotatable bonds is 1. The molecule has 0 aliphatic heterocycles. The second kappa shape index (κ2) is 2.30. The van der Waals surface area contributed by atoms with E-state index in [2.05, 4.69) is 21.0 Å². The summed E-state index contributed by atoms with van der Waals surface area (Å²) in [5, 5.41) is 3.41. The van der Waals surface area contributed by atoms with Crippen LogP contribution >= 0.6 is 15.9 Å². The average molecular weight is 211 g/mol. The first-order valence-corrected chi connectivity index (χ1v) is 3.38. The smallest absolute Gasteiger partial charge is 0.199 e. The van der Waals surface area contributed by atoms with Crippen LogP contribution in [-0.4, -0.2) is 9.78 Å². The zero-order chi connectivity index (χ0) is 7.78. The maximum Gasteiger partial charge on any atom is 0.400 e. The van der Waals surface area contributed by atoms with Gasteiger partial charge >= 0.3 is 4.96 Å². The van der Waals surface area contributed by atoms with E-state index in [0.29, 0.717) is 10.2 Å². The molecule has 0 amide bonds. The molecule has 2 nitrogen and oxygen atoms in total. The van der Waals surface area contributed by atoms with Gasteiger partial charge in [0.2, 0.25) is 0 Å². The van der Waals surface area contributed by atoms with Crippen LogP contribution in [0.4, 0.5) is 8.78 Å². The summed E-state index contributed by atoms with van der Waals surface area (Å²) in [7, 11) is 0. The van der Waals surface area contributed by atoms with Gasteiger partial charge in [0.05, 0.1) is 6.20 Å². The van der Waals surface area contributed by atoms with Gasteiger partial charge in [0.25, 0.3) is 0 Å². The zero-order valence-corrected chi connectivity index (χ0v) is 6.77. The van der Waals surface area contributed by atoms with Crippen molar-refractivity contribution in [3.8, 4) is 0 Å². The number of hydrogen-bond acceptors (Lipinski definition) is 1. The number of aryl methyl sites for hydroxylation is 1. The lowest BCUT2D eigenvalue weighted by atomic mass is 10.4. The van der Waals surface area contributed by atoms with Crippen molar-refractivity contribution in [2.45, 2.75) is 11.9 Å². The average Bonchev–Trinajstić information content (AvgIpc) is 2.11. The van der Waals surface area contributed by atoms with Gasteiger partial charge in [0.1, 0.15) is 0 Å². The first kappa shape index (κ1) is 7.65. The Morgan fingerprint density at radius 1 is 1.70 bits per heavy atom. The quantitative estimate of drug-likeness (QED) is 0.650. The minimum Gasteiger partial charge on any atom is -0.199 e. The Labute approximate surface area is 65.0 Å². The van der Waals surface area contributed by atoms with E-state index in [1.807, 2.05) is 0 Å². The van der Waals surface area contributed by atoms with Crippen LogP contribution in [0.2, 0.25) is 0 Å². The van der Waals surface area contributed by atoms with E-state index >= 15 is 0 Å². The molecule has 0 aliphatic rings. The molecule has 1 aromatic rings. The summed E-state index contributed by atoms with van der Waals surface area (Å²) in [4.78, 5) is -3.07. The van der Waals surface area contributed by atoms with E-state index in [-0.39, 0.29) is 0 Å². The number of halogens is 3. The molecule has 0 fully saturated rings. The van der Waals surface area contributed by atoms with E-state index < -0.39 is 4.96 Å². The van der Waals surface area contributed by atoms with E-state index in [9.17, 15) is 8.78 Å². The maximum atomic E-state index is 12.3. The molecule has 0 aliphatic carbocycles. The first-order chi connectivity index (χ1) is 4.50. The van der Waals surface area contributed by atoms with Crippen LogP contribution in [0.25, 0.3) is 0 Å². The van der Waals surface area contributed by atoms with Gasteiger partial charge in [-0.3, -0.25) is 0 Å². The van der Waals surface area contributed by atoms with E-state index in [4.69, 9.17) is 0 Å². The summed E-state index contributed by atoms with van der Waals surface area (Å²) in [6, 6.07) is 0. The van der Waals surface area contributed by atoms with Crippen molar-refractivity contribution in [3.63, 3.8) is 0 Å². The van der Waals surface area contributed by atoms with Crippen LogP contribution in [0.5, 0.6) is 0 Å². The molecule has 0 unspecified atom stereocenters. The number of alkyl halides is 3. The Morgan fingerprint density at radius 2 is 2.30 bits per heavy atom. The number of nitrogens with zero attached hydrogens (tertiary/aromatic N) is 2. The topological polar surface area (TPSA) is 17.8 Å². The lowest BCUT2D eigenvalue weighted by Crippen LogP contribution is -2.14. The summed E-state index contributed by atoms with van der Waals surface area (Å²) in [5.41, 5.74) is 0.708. The van der Waals surface area contributed by atoms with E-state index in [1.165, 1.54) is 12.4 Å². The van der Waals surface area contributed by atoms with Gasteiger partial charge in [0, 0.05) is 22.1 Å². The van der Waals surface area contributed by atoms with Crippen LogP contribution in [-0.2, 0) is 4.96 Å². The van der Waals surface area contributed by atoms with Crippen molar-refractivity contribution in [2.75, 3.05) is 0 Å². The van der Waals surface area contributed by atoms with Crippen molar-refractivity contribution in [3.05, 3.63) is 18.0 Å². The van der Waals surface area contributed by atoms with Crippen molar-refractivity contribution in [1.82, 2.24) is 9.78 Å². The second-order valence-electron chi connectivity index (χ2n) is 1.93. The molecule has 0 saturated carbocycles. The summed E-state index contributed by atoms with van der Waals surface area (Å²) in [6.45, 7) is 1.70. The van der Waals surface area contributed by atoms with Gasteiger partial charge in [-0.1, -0.05) is 0 Å². The molecule has 0 aromatic carbocycles. The molecule has 0 bridgehead atoms. The van der Waals surface area contributed by atoms with E-state index in [0.717, 1.165) is 0 Å². The third kappa shape index (κ3) is 1.53. The van der Waals surface area contributed by atoms with Gasteiger partial charge in [-0.05, 0) is 12.5 Å². The fourth-order valence-corrected chi connectivity index (χ4v) is 0.745. The highest BCUT2D eigenvalue weighted by Crippen LogP contribution is 2.26. The van der Waals surface area contributed by atoms with Crippen LogP contribution in [0, 0.1) is 6.92 Å². The highest BCUT2D eigenvalue weighted by atomic mass is 79.9. The number of hydrogen-bond donors (Lipinski definition) is 0. The zero-order valence-electron chi connectivity index (χ0n) is 5.18. The van der Waals surface area contributed by atoms with Crippen molar-refractivity contribution >= 4 is 15.9 Å². The predicted octanol–water partition coefficient (Wildman–Crippen LogP) is 2.09. The Balaban J connectivity index is 2.96. The molecular formula is C5H5BrF2N2. The van der Waals surface area contributed by atoms with Gasteiger partial charge in [-0.2, -0.15) is 18.6 Å². The second-order valence-corrected chi connectivity index (χ2v) is 2.88. The van der Waals surface area contributed by atoms with Crippen molar-refractivity contribution < 1.29 is 8.78 Å². The maximum absolute atomic E-state index is 12.3. The minimum atomic E-state index is -3.07. The summed E-state index contributed by atoms with van der Waals surface area (Å²) in [5.74, 6) is 0. The molecule has 0 spiro atoms. The van der Waals surface area contributed by atoms with Crippen molar-refractivity contribution in [1.29, 1.82) is 0 Å². The molecule has 0 atom stereocenters. The van der Waals surface area contributed by atoms with Crippen LogP contribution in [0.1, 0.15) is 5.56 Å². The summed E-state index contributed by atoms with van der Waals surface area (Å²) in [6.07, 6.45) is 2.63. The van der Waals surface area contributed by atoms with Crippen LogP contribution in [0.3, 0.4) is 0 Å². The largest absolute Gasteiger partial charge is 0.400 e. The molecular weight excluding hydrogens is 206 g/mol. The fourth-order valence-electron chi connectivity index (χ4n) is 0.551. The molecule has 0 radical (unpaired) electrons. The monoisotopic (exact) mass is 210 g/mol. The Morgan fingerprint density at radius 3 is 2.50 bits per heavy atom.